The van der Waals surface area contributed by atoms with Crippen LogP contribution in [0.4, 0.5) is 10.1 Å². The Morgan fingerprint density at radius 2 is 2.21 bits per heavy atom. The van der Waals surface area contributed by atoms with Crippen molar-refractivity contribution in [1.29, 1.82) is 0 Å². The van der Waals surface area contributed by atoms with Crippen LogP contribution < -0.4 is 10.2 Å². The smallest absolute Gasteiger partial charge is 0.175 e. The molecule has 19 heavy (non-hydrogen) atoms. The van der Waals surface area contributed by atoms with Gasteiger partial charge in [0.25, 0.3) is 0 Å². The molecule has 0 saturated heterocycles. The summed E-state index contributed by atoms with van der Waals surface area (Å²) in [5, 5.41) is 3.33. The number of anilines is 1. The third-order valence-corrected chi connectivity index (χ3v) is 4.28. The Labute approximate surface area is 114 Å². The van der Waals surface area contributed by atoms with Crippen LogP contribution >= 0.6 is 0 Å². The van der Waals surface area contributed by atoms with E-state index in [1.807, 2.05) is 14.0 Å². The second kappa shape index (κ2) is 4.97. The molecule has 2 aliphatic rings. The molecule has 2 nitrogen and oxygen atoms in total. The Hall–Kier alpha value is -1.35. The van der Waals surface area contributed by atoms with Crippen molar-refractivity contribution >= 4 is 11.3 Å². The number of fused-ring (bicyclic) bond motifs is 1. The summed E-state index contributed by atoms with van der Waals surface area (Å²) in [6, 6.07) is 6.46. The van der Waals surface area contributed by atoms with E-state index >= 15 is 0 Å². The lowest BCUT2D eigenvalue weighted by molar-refractivity contribution is 0.228. The number of hydrogen-bond donors (Lipinski definition) is 1. The number of nitrogens with zero attached hydrogens (tertiary/aromatic N) is 1. The SMILES string of the molecule is C[C@@H]1Cc2cc(C3=CCNCC3)ccc2N(C)[C@H]1F. The molecule has 1 aromatic carbocycles. The van der Waals surface area contributed by atoms with E-state index in [1.165, 1.54) is 16.7 Å². The van der Waals surface area contributed by atoms with Gasteiger partial charge in [-0.25, -0.2) is 4.39 Å². The van der Waals surface area contributed by atoms with E-state index in [0.717, 1.165) is 31.6 Å². The van der Waals surface area contributed by atoms with E-state index < -0.39 is 6.30 Å². The number of benzene rings is 1. The summed E-state index contributed by atoms with van der Waals surface area (Å²) in [7, 11) is 1.85. The normalized spacial score (nSPS) is 26.9. The monoisotopic (exact) mass is 260 g/mol. The second-order valence-electron chi connectivity index (χ2n) is 5.69. The lowest BCUT2D eigenvalue weighted by atomic mass is 9.89. The molecule has 3 heteroatoms. The Morgan fingerprint density at radius 3 is 2.95 bits per heavy atom. The summed E-state index contributed by atoms with van der Waals surface area (Å²) in [5.74, 6) is 0.0646. The van der Waals surface area contributed by atoms with E-state index in [2.05, 4.69) is 29.6 Å². The summed E-state index contributed by atoms with van der Waals surface area (Å²) in [5.41, 5.74) is 5.04. The zero-order valence-corrected chi connectivity index (χ0v) is 11.6. The molecule has 0 spiro atoms. The van der Waals surface area contributed by atoms with Crippen LogP contribution in [0, 0.1) is 5.92 Å². The molecule has 1 aromatic rings. The zero-order chi connectivity index (χ0) is 13.4. The number of alkyl halides is 1. The molecule has 102 valence electrons. The molecule has 2 heterocycles. The van der Waals surface area contributed by atoms with Gasteiger partial charge in [0.15, 0.2) is 6.30 Å². The average Bonchev–Trinajstić information content (AvgIpc) is 2.45. The second-order valence-corrected chi connectivity index (χ2v) is 5.69. The van der Waals surface area contributed by atoms with Crippen molar-refractivity contribution in [3.8, 4) is 0 Å². The molecule has 0 aliphatic carbocycles. The Bertz CT molecular complexity index is 509. The maximum absolute atomic E-state index is 14.0. The standard InChI is InChI=1S/C16H21FN2/c1-11-9-14-10-13(12-5-7-18-8-6-12)3-4-15(14)19(2)16(11)17/h3-5,10-11,16,18H,6-9H2,1-2H3/t11-,16-/m1/s1. The van der Waals surface area contributed by atoms with Crippen molar-refractivity contribution in [2.75, 3.05) is 25.0 Å². The first-order chi connectivity index (χ1) is 9.16. The fourth-order valence-electron chi connectivity index (χ4n) is 3.14. The highest BCUT2D eigenvalue weighted by molar-refractivity contribution is 5.70. The maximum atomic E-state index is 14.0. The van der Waals surface area contributed by atoms with Gasteiger partial charge in [-0.1, -0.05) is 19.1 Å². The van der Waals surface area contributed by atoms with Crippen LogP contribution in [0.2, 0.25) is 0 Å². The van der Waals surface area contributed by atoms with E-state index in [9.17, 15) is 4.39 Å². The lowest BCUT2D eigenvalue weighted by Crippen LogP contribution is -2.38. The highest BCUT2D eigenvalue weighted by atomic mass is 19.1. The topological polar surface area (TPSA) is 15.3 Å². The zero-order valence-electron chi connectivity index (χ0n) is 11.6. The molecule has 0 saturated carbocycles. The van der Waals surface area contributed by atoms with Crippen LogP contribution in [0.1, 0.15) is 24.5 Å². The van der Waals surface area contributed by atoms with Crippen LogP contribution in [0.15, 0.2) is 24.3 Å². The highest BCUT2D eigenvalue weighted by Gasteiger charge is 2.29. The Balaban J connectivity index is 1.96. The van der Waals surface area contributed by atoms with Crippen molar-refractivity contribution < 1.29 is 4.39 Å². The van der Waals surface area contributed by atoms with Crippen molar-refractivity contribution in [3.05, 3.63) is 35.4 Å². The molecular weight excluding hydrogens is 239 g/mol. The van der Waals surface area contributed by atoms with Gasteiger partial charge in [0, 0.05) is 25.2 Å². The van der Waals surface area contributed by atoms with Gasteiger partial charge in [0.1, 0.15) is 0 Å². The molecule has 0 amide bonds. The highest BCUT2D eigenvalue weighted by Crippen LogP contribution is 2.35. The molecule has 0 aromatic heterocycles. The van der Waals surface area contributed by atoms with E-state index in [4.69, 9.17) is 0 Å². The summed E-state index contributed by atoms with van der Waals surface area (Å²) in [6.45, 7) is 3.99. The Morgan fingerprint density at radius 1 is 1.37 bits per heavy atom. The van der Waals surface area contributed by atoms with Gasteiger partial charge >= 0.3 is 0 Å². The average molecular weight is 260 g/mol. The molecule has 2 aliphatic heterocycles. The molecule has 1 N–H and O–H groups in total. The first-order valence-corrected chi connectivity index (χ1v) is 7.07. The van der Waals surface area contributed by atoms with E-state index in [-0.39, 0.29) is 5.92 Å². The Kier molecular flexibility index (Phi) is 3.31. The van der Waals surface area contributed by atoms with Gasteiger partial charge in [-0.15, -0.1) is 0 Å². The first kappa shape index (κ1) is 12.7. The number of nitrogens with one attached hydrogen (secondary N) is 1. The number of hydrogen-bond acceptors (Lipinski definition) is 2. The third kappa shape index (κ3) is 2.27. The van der Waals surface area contributed by atoms with Crippen LogP contribution in [0.5, 0.6) is 0 Å². The van der Waals surface area contributed by atoms with Crippen molar-refractivity contribution in [1.82, 2.24) is 5.32 Å². The minimum atomic E-state index is -0.864. The molecule has 2 atom stereocenters. The number of rotatable bonds is 1. The molecule has 0 unspecified atom stereocenters. The minimum Gasteiger partial charge on any atom is -0.345 e. The van der Waals surface area contributed by atoms with Gasteiger partial charge < -0.3 is 10.2 Å². The molecular formula is C16H21FN2. The summed E-state index contributed by atoms with van der Waals surface area (Å²) in [4.78, 5) is 1.77. The van der Waals surface area contributed by atoms with Gasteiger partial charge in [-0.2, -0.15) is 0 Å². The van der Waals surface area contributed by atoms with Crippen molar-refractivity contribution in [3.63, 3.8) is 0 Å². The predicted octanol–water partition coefficient (Wildman–Crippen LogP) is 2.99. The fourth-order valence-corrected chi connectivity index (χ4v) is 3.14. The fraction of sp³-hybridized carbons (Fsp3) is 0.500. The van der Waals surface area contributed by atoms with Gasteiger partial charge in [-0.3, -0.25) is 0 Å². The summed E-state index contributed by atoms with van der Waals surface area (Å²) >= 11 is 0. The summed E-state index contributed by atoms with van der Waals surface area (Å²) in [6.07, 6.45) is 3.31. The van der Waals surface area contributed by atoms with E-state index in [1.54, 1.807) is 4.90 Å². The molecule has 0 radical (unpaired) electrons. The predicted molar refractivity (Wildman–Crippen MR) is 78.1 cm³/mol. The lowest BCUT2D eigenvalue weighted by Gasteiger charge is -2.35. The molecule has 0 fully saturated rings. The largest absolute Gasteiger partial charge is 0.345 e. The van der Waals surface area contributed by atoms with E-state index in [0.29, 0.717) is 0 Å². The van der Waals surface area contributed by atoms with Crippen molar-refractivity contribution in [2.24, 2.45) is 5.92 Å². The van der Waals surface area contributed by atoms with Crippen LogP contribution in [-0.2, 0) is 6.42 Å². The maximum Gasteiger partial charge on any atom is 0.175 e. The first-order valence-electron chi connectivity index (χ1n) is 7.07. The number of halogens is 1. The summed E-state index contributed by atoms with van der Waals surface area (Å²) < 4.78 is 14.0. The minimum absolute atomic E-state index is 0.0646. The van der Waals surface area contributed by atoms with Gasteiger partial charge in [0.05, 0.1) is 0 Å². The van der Waals surface area contributed by atoms with Crippen molar-refractivity contribution in [2.45, 2.75) is 26.1 Å². The third-order valence-electron chi connectivity index (χ3n) is 4.28. The van der Waals surface area contributed by atoms with Gasteiger partial charge in [0.2, 0.25) is 0 Å². The van der Waals surface area contributed by atoms with Crippen LogP contribution in [-0.4, -0.2) is 26.4 Å². The molecule has 0 bridgehead atoms. The van der Waals surface area contributed by atoms with Crippen LogP contribution in [0.25, 0.3) is 5.57 Å². The van der Waals surface area contributed by atoms with Crippen LogP contribution in [0.3, 0.4) is 0 Å². The van der Waals surface area contributed by atoms with Gasteiger partial charge in [-0.05, 0) is 48.2 Å². The molecule has 3 rings (SSSR count). The quantitative estimate of drug-likeness (QED) is 0.781.